The van der Waals surface area contributed by atoms with Gasteiger partial charge in [0.2, 0.25) is 5.91 Å². The van der Waals surface area contributed by atoms with Crippen molar-refractivity contribution in [3.05, 3.63) is 35.1 Å². The minimum atomic E-state index is -4.66. The van der Waals surface area contributed by atoms with E-state index in [9.17, 15) is 22.4 Å². The maximum atomic E-state index is 13.1. The van der Waals surface area contributed by atoms with Crippen LogP contribution in [0.25, 0.3) is 0 Å². The molecule has 134 valence electrons. The minimum Gasteiger partial charge on any atom is -0.355 e. The van der Waals surface area contributed by atoms with Gasteiger partial charge in [-0.25, -0.2) is 4.39 Å². The Morgan fingerprint density at radius 2 is 1.92 bits per heavy atom. The Balaban J connectivity index is 2.66. The maximum absolute atomic E-state index is 13.1. The molecule has 1 amide bonds. The molecule has 9 heteroatoms. The van der Waals surface area contributed by atoms with E-state index in [0.29, 0.717) is 12.6 Å². The Morgan fingerprint density at radius 3 is 2.50 bits per heavy atom. The van der Waals surface area contributed by atoms with Crippen molar-refractivity contribution in [3.63, 3.8) is 0 Å². The average Bonchev–Trinajstić information content (AvgIpc) is 2.53. The van der Waals surface area contributed by atoms with E-state index in [-0.39, 0.29) is 30.5 Å². The van der Waals surface area contributed by atoms with Crippen molar-refractivity contribution in [3.8, 4) is 0 Å². The fourth-order valence-corrected chi connectivity index (χ4v) is 1.86. The van der Waals surface area contributed by atoms with Gasteiger partial charge >= 0.3 is 6.18 Å². The number of amides is 1. The van der Waals surface area contributed by atoms with Gasteiger partial charge in [0, 0.05) is 20.1 Å². The largest absolute Gasteiger partial charge is 0.416 e. The number of carbonyl (C=O) groups excluding carboxylic acids is 1. The molecule has 0 saturated heterocycles. The highest BCUT2D eigenvalue weighted by Crippen LogP contribution is 2.32. The van der Waals surface area contributed by atoms with Crippen LogP contribution in [0.15, 0.2) is 23.2 Å². The molecule has 0 radical (unpaired) electrons. The summed E-state index contributed by atoms with van der Waals surface area (Å²) in [6, 6.07) is 2.47. The van der Waals surface area contributed by atoms with Gasteiger partial charge < -0.3 is 16.0 Å². The summed E-state index contributed by atoms with van der Waals surface area (Å²) in [5.74, 6) is -1.04. The molecule has 0 aliphatic rings. The summed E-state index contributed by atoms with van der Waals surface area (Å²) >= 11 is 0. The summed E-state index contributed by atoms with van der Waals surface area (Å²) in [6.45, 7) is 2.17. The molecule has 0 aromatic heterocycles. The zero-order valence-corrected chi connectivity index (χ0v) is 13.4. The van der Waals surface area contributed by atoms with Gasteiger partial charge in [0.25, 0.3) is 0 Å². The van der Waals surface area contributed by atoms with Crippen LogP contribution in [-0.2, 0) is 17.5 Å². The predicted octanol–water partition coefficient (Wildman–Crippen LogP) is 2.04. The van der Waals surface area contributed by atoms with Crippen LogP contribution in [0.2, 0.25) is 0 Å². The molecule has 0 saturated carbocycles. The number of carbonyl (C=O) groups is 1. The second kappa shape index (κ2) is 9.09. The third kappa shape index (κ3) is 6.43. The van der Waals surface area contributed by atoms with E-state index >= 15 is 0 Å². The molecule has 0 heterocycles. The second-order valence-electron chi connectivity index (χ2n) is 4.93. The van der Waals surface area contributed by atoms with E-state index in [1.807, 2.05) is 6.92 Å². The molecule has 1 aromatic rings. The summed E-state index contributed by atoms with van der Waals surface area (Å²) in [7, 11) is 1.43. The Bertz CT molecular complexity index is 587. The third-order valence-corrected chi connectivity index (χ3v) is 3.04. The van der Waals surface area contributed by atoms with Gasteiger partial charge in [-0.3, -0.25) is 9.79 Å². The molecular formula is C15H20F4N4O. The number of halogens is 4. The number of hydrogen-bond donors (Lipinski definition) is 3. The molecule has 0 unspecified atom stereocenters. The summed E-state index contributed by atoms with van der Waals surface area (Å²) in [6.07, 6.45) is -3.86. The van der Waals surface area contributed by atoms with Gasteiger partial charge in [-0.2, -0.15) is 13.2 Å². The van der Waals surface area contributed by atoms with Crippen molar-refractivity contribution in [1.29, 1.82) is 0 Å². The molecule has 0 fully saturated rings. The van der Waals surface area contributed by atoms with Crippen LogP contribution in [0.4, 0.5) is 17.6 Å². The number of benzene rings is 1. The fraction of sp³-hybridized carbons (Fsp3) is 0.467. The number of nitrogens with zero attached hydrogens (tertiary/aromatic N) is 1. The Kier molecular flexibility index (Phi) is 7.47. The first-order chi connectivity index (χ1) is 11.3. The highest BCUT2D eigenvalue weighted by atomic mass is 19.4. The molecular weight excluding hydrogens is 328 g/mol. The van der Waals surface area contributed by atoms with E-state index in [1.54, 1.807) is 0 Å². The van der Waals surface area contributed by atoms with Gasteiger partial charge in [-0.05, 0) is 24.1 Å². The lowest BCUT2D eigenvalue weighted by atomic mass is 10.1. The molecule has 0 spiro atoms. The van der Waals surface area contributed by atoms with Gasteiger partial charge in [0.05, 0.1) is 12.1 Å². The van der Waals surface area contributed by atoms with Crippen LogP contribution >= 0.6 is 0 Å². The maximum Gasteiger partial charge on any atom is 0.416 e. The van der Waals surface area contributed by atoms with Crippen molar-refractivity contribution in [2.24, 2.45) is 4.99 Å². The Hall–Kier alpha value is -2.32. The number of hydrogen-bond acceptors (Lipinski definition) is 2. The van der Waals surface area contributed by atoms with E-state index in [1.165, 1.54) is 7.05 Å². The quantitative estimate of drug-likeness (QED) is 0.419. The second-order valence-corrected chi connectivity index (χ2v) is 4.93. The summed E-state index contributed by atoms with van der Waals surface area (Å²) < 4.78 is 51.8. The minimum absolute atomic E-state index is 0.0603. The topological polar surface area (TPSA) is 65.5 Å². The molecule has 5 nitrogen and oxygen atoms in total. The number of guanidine groups is 1. The highest BCUT2D eigenvalue weighted by molar-refractivity contribution is 5.86. The predicted molar refractivity (Wildman–Crippen MR) is 82.9 cm³/mol. The van der Waals surface area contributed by atoms with Crippen LogP contribution in [-0.4, -0.2) is 32.0 Å². The lowest BCUT2D eigenvalue weighted by Crippen LogP contribution is -2.43. The first kappa shape index (κ1) is 19.7. The van der Waals surface area contributed by atoms with Crippen molar-refractivity contribution in [2.45, 2.75) is 26.1 Å². The van der Waals surface area contributed by atoms with Gasteiger partial charge in [-0.1, -0.05) is 13.0 Å². The van der Waals surface area contributed by atoms with Crippen LogP contribution in [0.5, 0.6) is 0 Å². The normalized spacial score (nSPS) is 12.0. The van der Waals surface area contributed by atoms with E-state index in [2.05, 4.69) is 20.9 Å². The van der Waals surface area contributed by atoms with E-state index < -0.39 is 17.6 Å². The first-order valence-corrected chi connectivity index (χ1v) is 7.34. The fourth-order valence-electron chi connectivity index (χ4n) is 1.86. The number of aliphatic imine (C=N–C) groups is 1. The zero-order valence-electron chi connectivity index (χ0n) is 13.4. The van der Waals surface area contributed by atoms with Gasteiger partial charge in [0.15, 0.2) is 5.96 Å². The number of rotatable bonds is 6. The van der Waals surface area contributed by atoms with E-state index in [4.69, 9.17) is 0 Å². The SMILES string of the molecule is CCCNC(=O)CNC(=NC)NCc1ccc(F)cc1C(F)(F)F. The molecule has 24 heavy (non-hydrogen) atoms. The summed E-state index contributed by atoms with van der Waals surface area (Å²) in [4.78, 5) is 15.3. The van der Waals surface area contributed by atoms with Gasteiger partial charge in [-0.15, -0.1) is 0 Å². The molecule has 0 bridgehead atoms. The number of alkyl halides is 3. The molecule has 1 rings (SSSR count). The first-order valence-electron chi connectivity index (χ1n) is 7.34. The van der Waals surface area contributed by atoms with Gasteiger partial charge in [0.1, 0.15) is 5.82 Å². The average molecular weight is 348 g/mol. The monoisotopic (exact) mass is 348 g/mol. The summed E-state index contributed by atoms with van der Waals surface area (Å²) in [5.41, 5.74) is -1.17. The van der Waals surface area contributed by atoms with Crippen LogP contribution < -0.4 is 16.0 Å². The van der Waals surface area contributed by atoms with Crippen LogP contribution in [0.3, 0.4) is 0 Å². The lowest BCUT2D eigenvalue weighted by molar-refractivity contribution is -0.138. The van der Waals surface area contributed by atoms with Crippen molar-refractivity contribution in [2.75, 3.05) is 20.1 Å². The van der Waals surface area contributed by atoms with Crippen molar-refractivity contribution < 1.29 is 22.4 Å². The molecule has 1 aromatic carbocycles. The smallest absolute Gasteiger partial charge is 0.355 e. The summed E-state index contributed by atoms with van der Waals surface area (Å²) in [5, 5.41) is 8.00. The van der Waals surface area contributed by atoms with Crippen LogP contribution in [0, 0.1) is 5.82 Å². The van der Waals surface area contributed by atoms with Crippen molar-refractivity contribution >= 4 is 11.9 Å². The molecule has 3 N–H and O–H groups in total. The number of nitrogens with one attached hydrogen (secondary N) is 3. The van der Waals surface area contributed by atoms with Crippen molar-refractivity contribution in [1.82, 2.24) is 16.0 Å². The standard InChI is InChI=1S/C15H20F4N4O/c1-3-6-21-13(24)9-23-14(20-2)22-8-10-4-5-11(16)7-12(10)15(17,18)19/h4-5,7H,3,6,8-9H2,1-2H3,(H,21,24)(H2,20,22,23). The highest BCUT2D eigenvalue weighted by Gasteiger charge is 2.33. The van der Waals surface area contributed by atoms with Crippen LogP contribution in [0.1, 0.15) is 24.5 Å². The van der Waals surface area contributed by atoms with E-state index in [0.717, 1.165) is 18.6 Å². The zero-order chi connectivity index (χ0) is 18.2. The Morgan fingerprint density at radius 1 is 1.21 bits per heavy atom. The molecule has 0 aliphatic carbocycles. The Labute approximate surface area is 137 Å². The third-order valence-electron chi connectivity index (χ3n) is 3.04. The molecule has 0 aliphatic heterocycles. The molecule has 0 atom stereocenters. The lowest BCUT2D eigenvalue weighted by Gasteiger charge is -2.15.